The molecule has 0 spiro atoms. The van der Waals surface area contributed by atoms with Crippen LogP contribution in [0.15, 0.2) is 12.5 Å². The molecule has 0 N–H and O–H groups in total. The summed E-state index contributed by atoms with van der Waals surface area (Å²) in [4.78, 5) is 22.1. The number of hydrogen-bond donors (Lipinski definition) is 0. The lowest BCUT2D eigenvalue weighted by Crippen LogP contribution is -2.24. The highest BCUT2D eigenvalue weighted by Crippen LogP contribution is 2.39. The van der Waals surface area contributed by atoms with Crippen LogP contribution in [0.5, 0.6) is 0 Å². The van der Waals surface area contributed by atoms with Crippen molar-refractivity contribution in [2.45, 2.75) is 19.3 Å². The summed E-state index contributed by atoms with van der Waals surface area (Å²) < 4.78 is 4.78. The summed E-state index contributed by atoms with van der Waals surface area (Å²) >= 11 is 0. The lowest BCUT2D eigenvalue weighted by molar-refractivity contribution is 0.0600. The number of hydrogen-bond acceptors (Lipinski definition) is 5. The SMILES string of the molecule is COC(=O)c1cncnc1N1CC2CCCC2C1. The van der Waals surface area contributed by atoms with Gasteiger partial charge in [-0.25, -0.2) is 14.8 Å². The molecular weight excluding hydrogens is 230 g/mol. The van der Waals surface area contributed by atoms with Gasteiger partial charge in [-0.05, 0) is 24.7 Å². The highest BCUT2D eigenvalue weighted by molar-refractivity contribution is 5.94. The van der Waals surface area contributed by atoms with Gasteiger partial charge in [0.15, 0.2) is 0 Å². The number of aromatic nitrogens is 2. The molecule has 2 unspecified atom stereocenters. The minimum Gasteiger partial charge on any atom is -0.465 e. The monoisotopic (exact) mass is 247 g/mol. The average molecular weight is 247 g/mol. The fourth-order valence-electron chi connectivity index (χ4n) is 3.24. The van der Waals surface area contributed by atoms with Crippen LogP contribution in [0, 0.1) is 11.8 Å². The third kappa shape index (κ3) is 1.83. The molecular formula is C13H17N3O2. The van der Waals surface area contributed by atoms with E-state index in [0.717, 1.165) is 30.7 Å². The highest BCUT2D eigenvalue weighted by atomic mass is 16.5. The largest absolute Gasteiger partial charge is 0.465 e. The van der Waals surface area contributed by atoms with E-state index in [1.54, 1.807) is 6.20 Å². The number of carbonyl (C=O) groups is 1. The molecule has 1 saturated heterocycles. The molecule has 5 heteroatoms. The average Bonchev–Trinajstić information content (AvgIpc) is 2.98. The molecule has 2 atom stereocenters. The minimum absolute atomic E-state index is 0.359. The summed E-state index contributed by atoms with van der Waals surface area (Å²) in [5.41, 5.74) is 0.472. The number of methoxy groups -OCH3 is 1. The number of carbonyl (C=O) groups excluding carboxylic acids is 1. The highest BCUT2D eigenvalue weighted by Gasteiger charge is 2.37. The van der Waals surface area contributed by atoms with Crippen LogP contribution in [0.1, 0.15) is 29.6 Å². The van der Waals surface area contributed by atoms with E-state index in [1.807, 2.05) is 0 Å². The van der Waals surface area contributed by atoms with Gasteiger partial charge < -0.3 is 9.64 Å². The van der Waals surface area contributed by atoms with Crippen molar-refractivity contribution in [3.8, 4) is 0 Å². The van der Waals surface area contributed by atoms with Crippen molar-refractivity contribution < 1.29 is 9.53 Å². The Bertz CT molecular complexity index is 451. The molecule has 96 valence electrons. The quantitative estimate of drug-likeness (QED) is 0.741. The van der Waals surface area contributed by atoms with Crippen molar-refractivity contribution >= 4 is 11.8 Å². The van der Waals surface area contributed by atoms with Crippen molar-refractivity contribution in [1.82, 2.24) is 9.97 Å². The Morgan fingerprint density at radius 3 is 2.78 bits per heavy atom. The van der Waals surface area contributed by atoms with Crippen LogP contribution in [-0.2, 0) is 4.74 Å². The van der Waals surface area contributed by atoms with E-state index in [4.69, 9.17) is 4.74 Å². The molecule has 3 rings (SSSR count). The zero-order valence-corrected chi connectivity index (χ0v) is 10.5. The van der Waals surface area contributed by atoms with Gasteiger partial charge in [-0.2, -0.15) is 0 Å². The molecule has 1 aliphatic heterocycles. The number of nitrogens with zero attached hydrogens (tertiary/aromatic N) is 3. The molecule has 0 bridgehead atoms. The Kier molecular flexibility index (Phi) is 2.89. The standard InChI is InChI=1S/C13H17N3O2/c1-18-13(17)11-5-14-8-15-12(11)16-6-9-3-2-4-10(9)7-16/h5,8-10H,2-4,6-7H2,1H3. The Morgan fingerprint density at radius 1 is 1.39 bits per heavy atom. The molecule has 1 saturated carbocycles. The van der Waals surface area contributed by atoms with Crippen molar-refractivity contribution in [2.24, 2.45) is 11.8 Å². The first kappa shape index (κ1) is 11.4. The maximum atomic E-state index is 11.7. The van der Waals surface area contributed by atoms with Gasteiger partial charge in [-0.15, -0.1) is 0 Å². The van der Waals surface area contributed by atoms with E-state index < -0.39 is 0 Å². The van der Waals surface area contributed by atoms with E-state index in [2.05, 4.69) is 14.9 Å². The third-order valence-corrected chi connectivity index (χ3v) is 4.12. The van der Waals surface area contributed by atoms with E-state index in [0.29, 0.717) is 5.56 Å². The Hall–Kier alpha value is -1.65. The smallest absolute Gasteiger partial charge is 0.343 e. The normalized spacial score (nSPS) is 26.2. The first-order valence-corrected chi connectivity index (χ1v) is 6.43. The summed E-state index contributed by atoms with van der Waals surface area (Å²) in [5.74, 6) is 1.91. The van der Waals surface area contributed by atoms with E-state index in [-0.39, 0.29) is 5.97 Å². The van der Waals surface area contributed by atoms with Crippen molar-refractivity contribution in [3.05, 3.63) is 18.1 Å². The number of esters is 1. The van der Waals surface area contributed by atoms with Crippen LogP contribution in [0.4, 0.5) is 5.82 Å². The summed E-state index contributed by atoms with van der Waals surface area (Å²) in [7, 11) is 1.39. The number of rotatable bonds is 2. The second kappa shape index (κ2) is 4.55. The first-order chi connectivity index (χ1) is 8.79. The molecule has 0 aromatic carbocycles. The van der Waals surface area contributed by atoms with Gasteiger partial charge in [-0.1, -0.05) is 6.42 Å². The van der Waals surface area contributed by atoms with Crippen molar-refractivity contribution in [3.63, 3.8) is 0 Å². The maximum absolute atomic E-state index is 11.7. The third-order valence-electron chi connectivity index (χ3n) is 4.12. The number of ether oxygens (including phenoxy) is 1. The second-order valence-corrected chi connectivity index (χ2v) is 5.11. The summed E-state index contributed by atoms with van der Waals surface area (Å²) in [6.07, 6.45) is 6.99. The predicted octanol–water partition coefficient (Wildman–Crippen LogP) is 1.50. The Balaban J connectivity index is 1.86. The summed E-state index contributed by atoms with van der Waals surface area (Å²) in [5, 5.41) is 0. The van der Waals surface area contributed by atoms with Crippen LogP contribution in [0.25, 0.3) is 0 Å². The zero-order valence-electron chi connectivity index (χ0n) is 10.5. The topological polar surface area (TPSA) is 55.3 Å². The van der Waals surface area contributed by atoms with E-state index in [9.17, 15) is 4.79 Å². The molecule has 0 amide bonds. The Labute approximate surface area is 106 Å². The van der Waals surface area contributed by atoms with Gasteiger partial charge in [0.05, 0.1) is 7.11 Å². The lowest BCUT2D eigenvalue weighted by atomic mass is 10.0. The van der Waals surface area contributed by atoms with Crippen LogP contribution < -0.4 is 4.90 Å². The van der Waals surface area contributed by atoms with Crippen LogP contribution in [0.2, 0.25) is 0 Å². The van der Waals surface area contributed by atoms with E-state index >= 15 is 0 Å². The zero-order chi connectivity index (χ0) is 12.5. The molecule has 1 aromatic heterocycles. The molecule has 18 heavy (non-hydrogen) atoms. The summed E-state index contributed by atoms with van der Waals surface area (Å²) in [6.45, 7) is 2.01. The molecule has 5 nitrogen and oxygen atoms in total. The fraction of sp³-hybridized carbons (Fsp3) is 0.615. The van der Waals surface area contributed by atoms with Gasteiger partial charge in [0.2, 0.25) is 0 Å². The van der Waals surface area contributed by atoms with Crippen molar-refractivity contribution in [1.29, 1.82) is 0 Å². The molecule has 1 aromatic rings. The molecule has 1 aliphatic carbocycles. The van der Waals surface area contributed by atoms with Gasteiger partial charge in [0.1, 0.15) is 17.7 Å². The van der Waals surface area contributed by atoms with Gasteiger partial charge in [-0.3, -0.25) is 0 Å². The van der Waals surface area contributed by atoms with Crippen LogP contribution >= 0.6 is 0 Å². The fourth-order valence-corrected chi connectivity index (χ4v) is 3.24. The lowest BCUT2D eigenvalue weighted by Gasteiger charge is -2.20. The molecule has 2 aliphatic rings. The second-order valence-electron chi connectivity index (χ2n) is 5.11. The minimum atomic E-state index is -0.359. The summed E-state index contributed by atoms with van der Waals surface area (Å²) in [6, 6.07) is 0. The van der Waals surface area contributed by atoms with Crippen molar-refractivity contribution in [2.75, 3.05) is 25.1 Å². The first-order valence-electron chi connectivity index (χ1n) is 6.43. The van der Waals surface area contributed by atoms with Crippen LogP contribution in [-0.4, -0.2) is 36.1 Å². The Morgan fingerprint density at radius 2 is 2.11 bits per heavy atom. The van der Waals surface area contributed by atoms with Gasteiger partial charge >= 0.3 is 5.97 Å². The number of fused-ring (bicyclic) bond motifs is 1. The molecule has 2 heterocycles. The van der Waals surface area contributed by atoms with Crippen LogP contribution in [0.3, 0.4) is 0 Å². The maximum Gasteiger partial charge on any atom is 0.343 e. The van der Waals surface area contributed by atoms with Gasteiger partial charge in [0.25, 0.3) is 0 Å². The number of anilines is 1. The predicted molar refractivity (Wildman–Crippen MR) is 66.4 cm³/mol. The molecule has 0 radical (unpaired) electrons. The van der Waals surface area contributed by atoms with Gasteiger partial charge in [0, 0.05) is 19.3 Å². The molecule has 2 fully saturated rings. The van der Waals surface area contributed by atoms with E-state index in [1.165, 1.54) is 32.7 Å².